The van der Waals surface area contributed by atoms with Gasteiger partial charge in [-0.1, -0.05) is 92.1 Å². The molecule has 0 unspecified atom stereocenters. The van der Waals surface area contributed by atoms with Gasteiger partial charge in [-0.05, 0) is 61.4 Å². The van der Waals surface area contributed by atoms with Crippen LogP contribution in [0.5, 0.6) is 0 Å². The van der Waals surface area contributed by atoms with Crippen molar-refractivity contribution < 1.29 is 47.6 Å². The molecule has 0 spiro atoms. The van der Waals surface area contributed by atoms with E-state index in [1.165, 1.54) is 0 Å². The van der Waals surface area contributed by atoms with E-state index in [2.05, 4.69) is 0 Å². The molecule has 0 bridgehead atoms. The fourth-order valence-electron chi connectivity index (χ4n) is 6.03. The molecule has 2 fully saturated rings. The number of rotatable bonds is 12. The molecule has 0 radical (unpaired) electrons. The minimum atomic E-state index is -1.34. The second-order valence-electron chi connectivity index (χ2n) is 12.1. The van der Waals surface area contributed by atoms with E-state index >= 15 is 0 Å². The lowest BCUT2D eigenvalue weighted by Crippen LogP contribution is -2.47. The van der Waals surface area contributed by atoms with Crippen LogP contribution in [0.1, 0.15) is 73.5 Å². The van der Waals surface area contributed by atoms with E-state index < -0.39 is 61.2 Å². The van der Waals surface area contributed by atoms with Crippen LogP contribution < -0.4 is 0 Å². The highest BCUT2D eigenvalue weighted by molar-refractivity contribution is 5.91. The number of carbonyl (C=O) groups is 4. The quantitative estimate of drug-likeness (QED) is 0.120. The maximum absolute atomic E-state index is 13.6. The average Bonchev–Trinajstić information content (AvgIpc) is 3.49. The fourth-order valence-corrected chi connectivity index (χ4v) is 6.03. The van der Waals surface area contributed by atoms with Gasteiger partial charge < -0.3 is 28.4 Å². The Kier molecular flexibility index (Phi) is 11.7. The first-order valence-electron chi connectivity index (χ1n) is 16.8. The number of ether oxygens (including phenoxy) is 6. The Morgan fingerprint density at radius 1 is 0.560 bits per heavy atom. The Labute approximate surface area is 290 Å². The average molecular weight is 679 g/mol. The van der Waals surface area contributed by atoms with Gasteiger partial charge in [0.25, 0.3) is 0 Å². The highest BCUT2D eigenvalue weighted by Crippen LogP contribution is 2.35. The molecule has 4 aromatic carbocycles. The molecule has 50 heavy (non-hydrogen) atoms. The summed E-state index contributed by atoms with van der Waals surface area (Å²) in [4.78, 5) is 53.7. The molecular formula is C40H38O10. The van der Waals surface area contributed by atoms with Gasteiger partial charge in [-0.25, -0.2) is 19.2 Å². The predicted molar refractivity (Wildman–Crippen MR) is 180 cm³/mol. The van der Waals surface area contributed by atoms with E-state index in [0.29, 0.717) is 0 Å². The molecule has 0 aromatic heterocycles. The fraction of sp³-hybridized carbons (Fsp3) is 0.300. The van der Waals surface area contributed by atoms with Crippen LogP contribution in [-0.2, 0) is 28.4 Å². The van der Waals surface area contributed by atoms with Crippen molar-refractivity contribution in [3.05, 3.63) is 144 Å². The van der Waals surface area contributed by atoms with Crippen molar-refractivity contribution in [1.29, 1.82) is 0 Å². The SMILES string of the molecule is O=C(OC[C@@H](OC(=O)c1ccccc1)[C@@H]1O[C@@H](OC2CCCCC2)[C@H](OC(=O)c2ccccc2)[C@H]1OC(=O)c1ccccc1)c1ccccc1. The summed E-state index contributed by atoms with van der Waals surface area (Å²) < 4.78 is 36.7. The summed E-state index contributed by atoms with van der Waals surface area (Å²) >= 11 is 0. The second-order valence-corrected chi connectivity index (χ2v) is 12.1. The first-order valence-corrected chi connectivity index (χ1v) is 16.8. The van der Waals surface area contributed by atoms with Gasteiger partial charge in [-0.2, -0.15) is 0 Å². The van der Waals surface area contributed by atoms with Crippen LogP contribution in [0.15, 0.2) is 121 Å². The molecule has 1 aliphatic heterocycles. The highest BCUT2D eigenvalue weighted by Gasteiger charge is 2.55. The zero-order valence-electron chi connectivity index (χ0n) is 27.3. The third-order valence-electron chi connectivity index (χ3n) is 8.61. The topological polar surface area (TPSA) is 124 Å². The van der Waals surface area contributed by atoms with Gasteiger partial charge in [0.15, 0.2) is 24.6 Å². The van der Waals surface area contributed by atoms with E-state index in [1.807, 2.05) is 0 Å². The smallest absolute Gasteiger partial charge is 0.338 e. The van der Waals surface area contributed by atoms with E-state index in [9.17, 15) is 19.2 Å². The summed E-state index contributed by atoms with van der Waals surface area (Å²) in [5, 5.41) is 0. The molecule has 10 nitrogen and oxygen atoms in total. The zero-order chi connectivity index (χ0) is 34.7. The van der Waals surface area contributed by atoms with Gasteiger partial charge >= 0.3 is 23.9 Å². The summed E-state index contributed by atoms with van der Waals surface area (Å²) in [5.74, 6) is -2.80. The van der Waals surface area contributed by atoms with Crippen molar-refractivity contribution in [3.8, 4) is 0 Å². The summed E-state index contributed by atoms with van der Waals surface area (Å²) in [5.41, 5.74) is 1.03. The third kappa shape index (κ3) is 8.82. The molecule has 1 aliphatic carbocycles. The lowest BCUT2D eigenvalue weighted by Gasteiger charge is -2.29. The van der Waals surface area contributed by atoms with Crippen molar-refractivity contribution in [3.63, 3.8) is 0 Å². The lowest BCUT2D eigenvalue weighted by atomic mass is 9.97. The number of carbonyl (C=O) groups excluding carboxylic acids is 4. The summed E-state index contributed by atoms with van der Waals surface area (Å²) in [6.07, 6.45) is -2.12. The van der Waals surface area contributed by atoms with Crippen molar-refractivity contribution in [2.24, 2.45) is 0 Å². The monoisotopic (exact) mass is 678 g/mol. The van der Waals surface area contributed by atoms with Crippen LogP contribution in [0.3, 0.4) is 0 Å². The van der Waals surface area contributed by atoms with E-state index in [4.69, 9.17) is 28.4 Å². The van der Waals surface area contributed by atoms with E-state index in [-0.39, 0.29) is 28.4 Å². The molecule has 0 amide bonds. The van der Waals surface area contributed by atoms with Crippen molar-refractivity contribution in [1.82, 2.24) is 0 Å². The molecular weight excluding hydrogens is 640 g/mol. The van der Waals surface area contributed by atoms with Gasteiger partial charge in [0, 0.05) is 0 Å². The summed E-state index contributed by atoms with van der Waals surface area (Å²) in [7, 11) is 0. The molecule has 1 heterocycles. The van der Waals surface area contributed by atoms with Crippen LogP contribution in [0.2, 0.25) is 0 Å². The largest absolute Gasteiger partial charge is 0.458 e. The van der Waals surface area contributed by atoms with Gasteiger partial charge in [0.05, 0.1) is 28.4 Å². The van der Waals surface area contributed by atoms with Gasteiger partial charge in [-0.3, -0.25) is 0 Å². The molecule has 2 aliphatic rings. The van der Waals surface area contributed by atoms with Crippen LogP contribution in [0.4, 0.5) is 0 Å². The lowest BCUT2D eigenvalue weighted by molar-refractivity contribution is -0.206. The zero-order valence-corrected chi connectivity index (χ0v) is 27.3. The summed E-state index contributed by atoms with van der Waals surface area (Å²) in [6.45, 7) is -0.466. The Morgan fingerprint density at radius 2 is 1.00 bits per heavy atom. The van der Waals surface area contributed by atoms with Crippen molar-refractivity contribution >= 4 is 23.9 Å². The first kappa shape index (κ1) is 34.5. The molecule has 1 saturated heterocycles. The Hall–Kier alpha value is -5.32. The summed E-state index contributed by atoms with van der Waals surface area (Å²) in [6, 6.07) is 33.3. The maximum Gasteiger partial charge on any atom is 0.338 e. The molecule has 6 rings (SSSR count). The number of hydrogen-bond donors (Lipinski definition) is 0. The van der Waals surface area contributed by atoms with Gasteiger partial charge in [0.2, 0.25) is 0 Å². The number of esters is 4. The predicted octanol–water partition coefficient (Wildman–Crippen LogP) is 6.59. The molecule has 10 heteroatoms. The van der Waals surface area contributed by atoms with E-state index in [0.717, 1.165) is 32.1 Å². The highest BCUT2D eigenvalue weighted by atomic mass is 16.7. The minimum Gasteiger partial charge on any atom is -0.458 e. The Balaban J connectivity index is 1.36. The minimum absolute atomic E-state index is 0.211. The Bertz CT molecular complexity index is 1710. The molecule has 0 N–H and O–H groups in total. The van der Waals surface area contributed by atoms with Crippen LogP contribution >= 0.6 is 0 Å². The van der Waals surface area contributed by atoms with Crippen LogP contribution in [0, 0.1) is 0 Å². The number of benzene rings is 4. The van der Waals surface area contributed by atoms with Crippen molar-refractivity contribution in [2.45, 2.75) is 68.9 Å². The standard InChI is InChI=1S/C40H38O10/c41-36(27-16-6-1-7-17-27)45-26-32(47-37(42)28-18-8-2-9-19-28)33-34(48-38(43)29-20-10-3-11-21-29)35(49-39(44)30-22-12-4-13-23-30)40(50-33)46-31-24-14-5-15-25-31/h1-4,6-13,16-23,31-35,40H,5,14-15,24-26H2/t32-,33+,34+,35-,40-/m1/s1. The molecule has 4 aromatic rings. The number of hydrogen-bond acceptors (Lipinski definition) is 10. The van der Waals surface area contributed by atoms with Crippen LogP contribution in [-0.4, -0.2) is 67.3 Å². The first-order chi connectivity index (χ1) is 24.5. The van der Waals surface area contributed by atoms with Crippen LogP contribution in [0.25, 0.3) is 0 Å². The maximum atomic E-state index is 13.6. The normalized spacial score (nSPS) is 21.0. The van der Waals surface area contributed by atoms with Crippen molar-refractivity contribution in [2.75, 3.05) is 6.61 Å². The third-order valence-corrected chi connectivity index (χ3v) is 8.61. The molecule has 1 saturated carbocycles. The van der Waals surface area contributed by atoms with E-state index in [1.54, 1.807) is 121 Å². The van der Waals surface area contributed by atoms with Gasteiger partial charge in [-0.15, -0.1) is 0 Å². The van der Waals surface area contributed by atoms with Gasteiger partial charge in [0.1, 0.15) is 12.7 Å². The second kappa shape index (κ2) is 16.9. The molecule has 258 valence electrons. The molecule has 5 atom stereocenters. The Morgan fingerprint density at radius 3 is 1.50 bits per heavy atom.